The molecule has 0 spiro atoms. The monoisotopic (exact) mass is 583 g/mol. The standard InChI is InChI=1S/C32H30ClN5O4/c1-20(22-9-14-25(41-3)15-10-22)35-37-31(39)27-7-5-6-8-29(27)34-30-19-24(33)13-18-28(30)32(40)38-36-21(2)23-11-16-26(42-4)17-12-23/h5-19,34H,1-4H3,(H,37,39)(H,38,40)/b35-20+,36-21+. The van der Waals surface area contributed by atoms with Gasteiger partial charge >= 0.3 is 0 Å². The Morgan fingerprint density at radius 1 is 0.643 bits per heavy atom. The Morgan fingerprint density at radius 2 is 1.12 bits per heavy atom. The van der Waals surface area contributed by atoms with Crippen LogP contribution in [0.3, 0.4) is 0 Å². The molecule has 10 heteroatoms. The van der Waals surface area contributed by atoms with Gasteiger partial charge in [-0.2, -0.15) is 10.2 Å². The molecule has 0 aliphatic heterocycles. The van der Waals surface area contributed by atoms with Crippen LogP contribution in [0.4, 0.5) is 11.4 Å². The van der Waals surface area contributed by atoms with Gasteiger partial charge in [-0.15, -0.1) is 0 Å². The Kier molecular flexibility index (Phi) is 9.91. The number of hydrazone groups is 2. The van der Waals surface area contributed by atoms with E-state index in [9.17, 15) is 9.59 Å². The van der Waals surface area contributed by atoms with E-state index in [1.807, 2.05) is 48.5 Å². The first-order valence-corrected chi connectivity index (χ1v) is 13.3. The molecule has 0 aliphatic carbocycles. The van der Waals surface area contributed by atoms with E-state index in [1.165, 1.54) is 0 Å². The van der Waals surface area contributed by atoms with Crippen LogP contribution in [0.15, 0.2) is 101 Å². The van der Waals surface area contributed by atoms with E-state index in [2.05, 4.69) is 26.4 Å². The zero-order chi connectivity index (χ0) is 30.1. The largest absolute Gasteiger partial charge is 0.497 e. The van der Waals surface area contributed by atoms with Crippen molar-refractivity contribution in [3.05, 3.63) is 118 Å². The van der Waals surface area contributed by atoms with Gasteiger partial charge in [-0.05, 0) is 104 Å². The first kappa shape index (κ1) is 29.8. The van der Waals surface area contributed by atoms with Gasteiger partial charge in [0.05, 0.1) is 48.1 Å². The molecule has 0 aromatic heterocycles. The smallest absolute Gasteiger partial charge is 0.273 e. The maximum Gasteiger partial charge on any atom is 0.273 e. The minimum Gasteiger partial charge on any atom is -0.497 e. The van der Waals surface area contributed by atoms with E-state index < -0.39 is 11.8 Å². The second-order valence-corrected chi connectivity index (χ2v) is 9.53. The predicted octanol–water partition coefficient (Wildman–Crippen LogP) is 6.41. The number of methoxy groups -OCH3 is 2. The molecule has 0 heterocycles. The minimum absolute atomic E-state index is 0.286. The summed E-state index contributed by atoms with van der Waals surface area (Å²) in [6.07, 6.45) is 0. The highest BCUT2D eigenvalue weighted by atomic mass is 35.5. The fraction of sp³-hybridized carbons (Fsp3) is 0.125. The molecule has 0 saturated carbocycles. The predicted molar refractivity (Wildman–Crippen MR) is 167 cm³/mol. The molecule has 0 bridgehead atoms. The van der Waals surface area contributed by atoms with Crippen LogP contribution >= 0.6 is 11.6 Å². The molecule has 42 heavy (non-hydrogen) atoms. The van der Waals surface area contributed by atoms with Gasteiger partial charge in [0.25, 0.3) is 11.8 Å². The zero-order valence-electron chi connectivity index (χ0n) is 23.6. The molecule has 0 radical (unpaired) electrons. The number of ether oxygens (including phenoxy) is 2. The summed E-state index contributed by atoms with van der Waals surface area (Å²) in [5, 5.41) is 12.1. The number of rotatable bonds is 10. The van der Waals surface area contributed by atoms with Gasteiger partial charge in [-0.3, -0.25) is 9.59 Å². The lowest BCUT2D eigenvalue weighted by Gasteiger charge is -2.15. The lowest BCUT2D eigenvalue weighted by atomic mass is 10.1. The third-order valence-electron chi connectivity index (χ3n) is 6.33. The molecule has 0 saturated heterocycles. The molecule has 2 amide bonds. The van der Waals surface area contributed by atoms with Crippen molar-refractivity contribution in [2.45, 2.75) is 13.8 Å². The van der Waals surface area contributed by atoms with Crippen molar-refractivity contribution in [1.82, 2.24) is 10.9 Å². The molecule has 214 valence electrons. The first-order chi connectivity index (χ1) is 20.3. The molecule has 0 aliphatic rings. The summed E-state index contributed by atoms with van der Waals surface area (Å²) in [7, 11) is 3.19. The number of anilines is 2. The highest BCUT2D eigenvalue weighted by Crippen LogP contribution is 2.27. The summed E-state index contributed by atoms with van der Waals surface area (Å²) in [6, 6.07) is 26.4. The molecule has 0 unspecified atom stereocenters. The number of benzene rings is 4. The summed E-state index contributed by atoms with van der Waals surface area (Å²) in [5.41, 5.74) is 9.56. The van der Waals surface area contributed by atoms with E-state index in [0.29, 0.717) is 33.4 Å². The molecule has 4 aromatic carbocycles. The number of para-hydroxylation sites is 1. The zero-order valence-corrected chi connectivity index (χ0v) is 24.3. The van der Waals surface area contributed by atoms with E-state index in [1.54, 1.807) is 70.5 Å². The van der Waals surface area contributed by atoms with Crippen molar-refractivity contribution < 1.29 is 19.1 Å². The normalized spacial score (nSPS) is 11.5. The number of carbonyl (C=O) groups excluding carboxylic acids is 2. The van der Waals surface area contributed by atoms with E-state index in [4.69, 9.17) is 21.1 Å². The molecule has 0 atom stereocenters. The number of halogens is 1. The van der Waals surface area contributed by atoms with Crippen molar-refractivity contribution in [2.24, 2.45) is 10.2 Å². The Morgan fingerprint density at radius 3 is 1.62 bits per heavy atom. The fourth-order valence-corrected chi connectivity index (χ4v) is 4.11. The van der Waals surface area contributed by atoms with Crippen molar-refractivity contribution in [1.29, 1.82) is 0 Å². The second kappa shape index (κ2) is 14.0. The van der Waals surface area contributed by atoms with Crippen molar-refractivity contribution in [2.75, 3.05) is 19.5 Å². The van der Waals surface area contributed by atoms with Gasteiger partial charge in [-0.25, -0.2) is 10.9 Å². The fourth-order valence-electron chi connectivity index (χ4n) is 3.94. The van der Waals surface area contributed by atoms with E-state index in [-0.39, 0.29) is 5.56 Å². The van der Waals surface area contributed by atoms with Crippen LogP contribution in [0.1, 0.15) is 45.7 Å². The number of amides is 2. The molecule has 3 N–H and O–H groups in total. The van der Waals surface area contributed by atoms with Crippen LogP contribution in [0.5, 0.6) is 11.5 Å². The van der Waals surface area contributed by atoms with Crippen molar-refractivity contribution >= 4 is 46.2 Å². The third-order valence-corrected chi connectivity index (χ3v) is 6.57. The number of nitrogens with zero attached hydrogens (tertiary/aromatic N) is 2. The number of hydrogen-bond acceptors (Lipinski definition) is 7. The lowest BCUT2D eigenvalue weighted by Crippen LogP contribution is -2.22. The van der Waals surface area contributed by atoms with E-state index >= 15 is 0 Å². The van der Waals surface area contributed by atoms with Gasteiger partial charge in [0, 0.05) is 5.02 Å². The Balaban J connectivity index is 1.51. The first-order valence-electron chi connectivity index (χ1n) is 12.9. The maximum atomic E-state index is 13.1. The van der Waals surface area contributed by atoms with Gasteiger partial charge < -0.3 is 14.8 Å². The summed E-state index contributed by atoms with van der Waals surface area (Å²) in [6.45, 7) is 3.58. The summed E-state index contributed by atoms with van der Waals surface area (Å²) >= 11 is 6.27. The molecule has 0 fully saturated rings. The topological polar surface area (TPSA) is 113 Å². The Bertz CT molecular complexity index is 1630. The summed E-state index contributed by atoms with van der Waals surface area (Å²) in [5.74, 6) is 0.562. The summed E-state index contributed by atoms with van der Waals surface area (Å²) in [4.78, 5) is 26.3. The van der Waals surface area contributed by atoms with Crippen LogP contribution < -0.4 is 25.6 Å². The van der Waals surface area contributed by atoms with Gasteiger partial charge in [-0.1, -0.05) is 23.7 Å². The lowest BCUT2D eigenvalue weighted by molar-refractivity contribution is 0.0948. The average molecular weight is 584 g/mol. The molecule has 4 rings (SSSR count). The Labute approximate surface area is 249 Å². The number of carbonyl (C=O) groups is 2. The molecular weight excluding hydrogens is 554 g/mol. The number of hydrogen-bond donors (Lipinski definition) is 3. The third kappa shape index (κ3) is 7.52. The molecule has 4 aromatic rings. The van der Waals surface area contributed by atoms with Crippen LogP contribution in [0, 0.1) is 0 Å². The van der Waals surface area contributed by atoms with Crippen LogP contribution in [0.25, 0.3) is 0 Å². The summed E-state index contributed by atoms with van der Waals surface area (Å²) < 4.78 is 10.4. The molecular formula is C32H30ClN5O4. The van der Waals surface area contributed by atoms with Crippen LogP contribution in [0.2, 0.25) is 5.02 Å². The quantitative estimate of drug-likeness (QED) is 0.147. The number of nitrogens with one attached hydrogen (secondary N) is 3. The van der Waals surface area contributed by atoms with Crippen molar-refractivity contribution in [3.8, 4) is 11.5 Å². The van der Waals surface area contributed by atoms with Crippen LogP contribution in [-0.2, 0) is 0 Å². The SMILES string of the molecule is COc1ccc(/C(C)=N/NC(=O)c2ccccc2Nc2cc(Cl)ccc2C(=O)N/N=C(\C)c2ccc(OC)cc2)cc1. The van der Waals surface area contributed by atoms with Gasteiger partial charge in [0.15, 0.2) is 0 Å². The van der Waals surface area contributed by atoms with Gasteiger partial charge in [0.2, 0.25) is 0 Å². The van der Waals surface area contributed by atoms with Gasteiger partial charge in [0.1, 0.15) is 11.5 Å². The maximum absolute atomic E-state index is 13.1. The highest BCUT2D eigenvalue weighted by Gasteiger charge is 2.16. The Hall–Kier alpha value is -5.15. The molecule has 9 nitrogen and oxygen atoms in total. The van der Waals surface area contributed by atoms with E-state index in [0.717, 1.165) is 22.6 Å². The van der Waals surface area contributed by atoms with Crippen molar-refractivity contribution in [3.63, 3.8) is 0 Å². The average Bonchev–Trinajstić information content (AvgIpc) is 3.02. The minimum atomic E-state index is -0.455. The van der Waals surface area contributed by atoms with Crippen LogP contribution in [-0.4, -0.2) is 37.5 Å². The second-order valence-electron chi connectivity index (χ2n) is 9.09. The highest BCUT2D eigenvalue weighted by molar-refractivity contribution is 6.31.